The number of β-amino-alcohol motifs (C(OH)–C–C–N with tert-alkyl or cyclic N) is 1. The van der Waals surface area contributed by atoms with Crippen LogP contribution < -0.4 is 4.90 Å². The first-order valence-electron chi connectivity index (χ1n) is 7.61. The average Bonchev–Trinajstić information content (AvgIpc) is 2.96. The van der Waals surface area contributed by atoms with E-state index >= 15 is 0 Å². The topological polar surface area (TPSA) is 62.1 Å². The first-order valence-corrected chi connectivity index (χ1v) is 8.41. The number of rotatable bonds is 4. The second kappa shape index (κ2) is 6.75. The number of amidine groups is 1. The molecular formula is C18H17BrN2O3. The second-order valence-electron chi connectivity index (χ2n) is 5.40. The molecule has 1 atom stereocenters. The molecule has 1 unspecified atom stereocenters. The highest BCUT2D eigenvalue weighted by Crippen LogP contribution is 2.29. The molecule has 2 aromatic carbocycles. The summed E-state index contributed by atoms with van der Waals surface area (Å²) in [7, 11) is 0. The van der Waals surface area contributed by atoms with Crippen LogP contribution in [0.4, 0.5) is 5.69 Å². The number of aliphatic hydroxyl groups is 1. The van der Waals surface area contributed by atoms with Crippen molar-refractivity contribution in [2.75, 3.05) is 18.1 Å². The van der Waals surface area contributed by atoms with Crippen LogP contribution in [0, 0.1) is 0 Å². The lowest BCUT2D eigenvalue weighted by atomic mass is 10.1. The molecule has 124 valence electrons. The molecule has 3 rings (SSSR count). The van der Waals surface area contributed by atoms with Crippen molar-refractivity contribution in [3.8, 4) is 0 Å². The van der Waals surface area contributed by atoms with Crippen LogP contribution in [0.15, 0.2) is 64.1 Å². The molecule has 1 N–H and O–H groups in total. The predicted octanol–water partition coefficient (Wildman–Crippen LogP) is 2.97. The number of hydrogen-bond acceptors (Lipinski definition) is 5. The van der Waals surface area contributed by atoms with E-state index in [-0.39, 0.29) is 13.2 Å². The number of benzene rings is 2. The van der Waals surface area contributed by atoms with Gasteiger partial charge in [-0.3, -0.25) is 0 Å². The van der Waals surface area contributed by atoms with Crippen LogP contribution >= 0.6 is 15.9 Å². The number of esters is 1. The van der Waals surface area contributed by atoms with Gasteiger partial charge in [0.2, 0.25) is 0 Å². The third-order valence-corrected chi connectivity index (χ3v) is 4.23. The highest BCUT2D eigenvalue weighted by Gasteiger charge is 2.46. The smallest absolute Gasteiger partial charge is 0.363 e. The number of anilines is 1. The third-order valence-electron chi connectivity index (χ3n) is 3.70. The van der Waals surface area contributed by atoms with Crippen LogP contribution in [0.25, 0.3) is 0 Å². The van der Waals surface area contributed by atoms with Gasteiger partial charge in [-0.05, 0) is 31.2 Å². The van der Waals surface area contributed by atoms with Crippen molar-refractivity contribution in [3.63, 3.8) is 0 Å². The Morgan fingerprint density at radius 3 is 2.54 bits per heavy atom. The summed E-state index contributed by atoms with van der Waals surface area (Å²) in [6, 6.07) is 17.1. The van der Waals surface area contributed by atoms with E-state index in [9.17, 15) is 9.90 Å². The maximum atomic E-state index is 12.2. The fraction of sp³-hybridized carbons (Fsp3) is 0.222. The SMILES string of the molecule is CCOC(=O)C1(O)CN(c2ccc(Br)cc2)C(c2ccccc2)=N1. The van der Waals surface area contributed by atoms with Crippen LogP contribution in [0.3, 0.4) is 0 Å². The van der Waals surface area contributed by atoms with Crippen LogP contribution in [0.2, 0.25) is 0 Å². The maximum absolute atomic E-state index is 12.2. The van der Waals surface area contributed by atoms with Gasteiger partial charge in [0, 0.05) is 15.7 Å². The zero-order chi connectivity index (χ0) is 17.2. The van der Waals surface area contributed by atoms with E-state index < -0.39 is 11.7 Å². The Labute approximate surface area is 148 Å². The van der Waals surface area contributed by atoms with E-state index in [2.05, 4.69) is 20.9 Å². The predicted molar refractivity (Wildman–Crippen MR) is 96.0 cm³/mol. The van der Waals surface area contributed by atoms with E-state index in [1.807, 2.05) is 59.5 Å². The summed E-state index contributed by atoms with van der Waals surface area (Å²) >= 11 is 3.41. The quantitative estimate of drug-likeness (QED) is 0.817. The largest absolute Gasteiger partial charge is 0.462 e. The lowest BCUT2D eigenvalue weighted by Crippen LogP contribution is -2.43. The Morgan fingerprint density at radius 1 is 1.25 bits per heavy atom. The molecular weight excluding hydrogens is 372 g/mol. The van der Waals surface area contributed by atoms with Gasteiger partial charge in [0.1, 0.15) is 5.84 Å². The normalized spacial score (nSPS) is 20.0. The van der Waals surface area contributed by atoms with E-state index in [0.717, 1.165) is 15.7 Å². The Bertz CT molecular complexity index is 762. The zero-order valence-corrected chi connectivity index (χ0v) is 14.7. The standard InChI is InChI=1S/C18H17BrN2O3/c1-2-24-17(22)18(23)12-21(15-10-8-14(19)9-11-15)16(20-18)13-6-4-3-5-7-13/h3-11,23H,2,12H2,1H3. The molecule has 0 saturated heterocycles. The molecule has 24 heavy (non-hydrogen) atoms. The lowest BCUT2D eigenvalue weighted by Gasteiger charge is -2.23. The number of halogens is 1. The van der Waals surface area contributed by atoms with Crippen molar-refractivity contribution in [3.05, 3.63) is 64.6 Å². The monoisotopic (exact) mass is 388 g/mol. The Hall–Kier alpha value is -2.18. The molecule has 5 nitrogen and oxygen atoms in total. The molecule has 0 fully saturated rings. The maximum Gasteiger partial charge on any atom is 0.363 e. The fourth-order valence-electron chi connectivity index (χ4n) is 2.57. The molecule has 0 amide bonds. The van der Waals surface area contributed by atoms with Crippen LogP contribution in [-0.4, -0.2) is 35.8 Å². The summed E-state index contributed by atoms with van der Waals surface area (Å²) in [6.45, 7) is 1.90. The lowest BCUT2D eigenvalue weighted by molar-refractivity contribution is -0.162. The summed E-state index contributed by atoms with van der Waals surface area (Å²) in [5, 5.41) is 10.7. The summed E-state index contributed by atoms with van der Waals surface area (Å²) in [5.41, 5.74) is -0.254. The van der Waals surface area contributed by atoms with Gasteiger partial charge >= 0.3 is 5.97 Å². The molecule has 1 aliphatic heterocycles. The Morgan fingerprint density at radius 2 is 1.92 bits per heavy atom. The number of nitrogens with zero attached hydrogens (tertiary/aromatic N) is 2. The third kappa shape index (κ3) is 3.20. The van der Waals surface area contributed by atoms with Gasteiger partial charge in [-0.2, -0.15) is 0 Å². The van der Waals surface area contributed by atoms with E-state index in [0.29, 0.717) is 5.84 Å². The van der Waals surface area contributed by atoms with Crippen molar-refractivity contribution in [2.24, 2.45) is 4.99 Å². The van der Waals surface area contributed by atoms with Crippen molar-refractivity contribution in [1.82, 2.24) is 0 Å². The molecule has 0 spiro atoms. The Kier molecular flexibility index (Phi) is 4.69. The highest BCUT2D eigenvalue weighted by molar-refractivity contribution is 9.10. The number of aliphatic imine (C=N–C) groups is 1. The average molecular weight is 389 g/mol. The van der Waals surface area contributed by atoms with Crippen LogP contribution in [0.5, 0.6) is 0 Å². The van der Waals surface area contributed by atoms with Gasteiger partial charge in [0.15, 0.2) is 0 Å². The summed E-state index contributed by atoms with van der Waals surface area (Å²) in [4.78, 5) is 18.3. The van der Waals surface area contributed by atoms with Crippen molar-refractivity contribution < 1.29 is 14.6 Å². The number of ether oxygens (including phenoxy) is 1. The number of hydrogen-bond donors (Lipinski definition) is 1. The van der Waals surface area contributed by atoms with Gasteiger partial charge in [-0.25, -0.2) is 9.79 Å². The first-order chi connectivity index (χ1) is 11.5. The first kappa shape index (κ1) is 16.7. The highest BCUT2D eigenvalue weighted by atomic mass is 79.9. The summed E-state index contributed by atoms with van der Waals surface area (Å²) in [5.74, 6) is -0.202. The molecule has 6 heteroatoms. The van der Waals surface area contributed by atoms with Gasteiger partial charge in [-0.15, -0.1) is 0 Å². The minimum absolute atomic E-state index is 0.0116. The van der Waals surface area contributed by atoms with Gasteiger partial charge in [0.05, 0.1) is 13.2 Å². The van der Waals surface area contributed by atoms with E-state index in [1.165, 1.54) is 0 Å². The molecule has 0 aliphatic carbocycles. The van der Waals surface area contributed by atoms with E-state index in [1.54, 1.807) is 6.92 Å². The van der Waals surface area contributed by atoms with E-state index in [4.69, 9.17) is 4.74 Å². The number of carbonyl (C=O) groups excluding carboxylic acids is 1. The van der Waals surface area contributed by atoms with Crippen molar-refractivity contribution in [1.29, 1.82) is 0 Å². The summed E-state index contributed by atoms with van der Waals surface area (Å²) < 4.78 is 5.93. The van der Waals surface area contributed by atoms with Gasteiger partial charge in [-0.1, -0.05) is 46.3 Å². The molecule has 1 heterocycles. The van der Waals surface area contributed by atoms with Gasteiger partial charge < -0.3 is 14.7 Å². The zero-order valence-electron chi connectivity index (χ0n) is 13.1. The minimum Gasteiger partial charge on any atom is -0.462 e. The van der Waals surface area contributed by atoms with Crippen LogP contribution in [0.1, 0.15) is 12.5 Å². The molecule has 0 saturated carbocycles. The molecule has 0 radical (unpaired) electrons. The molecule has 0 bridgehead atoms. The number of carbonyl (C=O) groups is 1. The van der Waals surface area contributed by atoms with Crippen LogP contribution in [-0.2, 0) is 9.53 Å². The second-order valence-corrected chi connectivity index (χ2v) is 6.32. The fourth-order valence-corrected chi connectivity index (χ4v) is 2.83. The van der Waals surface area contributed by atoms with Gasteiger partial charge in [0.25, 0.3) is 5.72 Å². The molecule has 2 aromatic rings. The molecule has 0 aromatic heterocycles. The minimum atomic E-state index is -1.91. The summed E-state index contributed by atoms with van der Waals surface area (Å²) in [6.07, 6.45) is 0. The van der Waals surface area contributed by atoms with Crippen molar-refractivity contribution in [2.45, 2.75) is 12.6 Å². The molecule has 1 aliphatic rings. The van der Waals surface area contributed by atoms with Crippen molar-refractivity contribution >= 4 is 33.4 Å². The Balaban J connectivity index is 2.03.